The first kappa shape index (κ1) is 18.1. The predicted octanol–water partition coefficient (Wildman–Crippen LogP) is 4.91. The van der Waals surface area contributed by atoms with E-state index in [2.05, 4.69) is 36.2 Å². The lowest BCUT2D eigenvalue weighted by molar-refractivity contribution is 0.215. The number of aryl methyl sites for hydroxylation is 1. The molecule has 1 aliphatic heterocycles. The molecule has 1 aliphatic rings. The van der Waals surface area contributed by atoms with Crippen molar-refractivity contribution in [2.75, 3.05) is 27.8 Å². The number of likely N-dealkylation sites (N-methyl/N-ethyl adjacent to an activating group) is 1. The molecule has 0 aliphatic carbocycles. The molecule has 0 spiro atoms. The Morgan fingerprint density at radius 2 is 1.76 bits per heavy atom. The normalized spacial score (nSPS) is 17.2. The summed E-state index contributed by atoms with van der Waals surface area (Å²) in [7, 11) is 5.61. The molecule has 0 bridgehead atoms. The molecule has 0 aromatic heterocycles. The zero-order chi connectivity index (χ0) is 17.8. The minimum atomic E-state index is 0.427. The van der Waals surface area contributed by atoms with Crippen molar-refractivity contribution in [1.29, 1.82) is 0 Å². The van der Waals surface area contributed by atoms with Crippen LogP contribution in [0.3, 0.4) is 0 Å². The van der Waals surface area contributed by atoms with Crippen LogP contribution in [0.15, 0.2) is 36.4 Å². The van der Waals surface area contributed by atoms with Gasteiger partial charge in [-0.15, -0.1) is 0 Å². The number of hydrogen-bond donors (Lipinski definition) is 0. The van der Waals surface area contributed by atoms with Crippen molar-refractivity contribution in [3.05, 3.63) is 58.1 Å². The highest BCUT2D eigenvalue weighted by Gasteiger charge is 2.26. The molecule has 1 heterocycles. The highest BCUT2D eigenvalue weighted by molar-refractivity contribution is 6.30. The van der Waals surface area contributed by atoms with Crippen LogP contribution < -0.4 is 9.47 Å². The van der Waals surface area contributed by atoms with Gasteiger partial charge in [-0.2, -0.15) is 0 Å². The third-order valence-corrected chi connectivity index (χ3v) is 5.38. The first-order chi connectivity index (χ1) is 12.1. The van der Waals surface area contributed by atoms with Crippen molar-refractivity contribution in [3.63, 3.8) is 0 Å². The lowest BCUT2D eigenvalue weighted by Gasteiger charge is -2.35. The number of rotatable bonds is 6. The van der Waals surface area contributed by atoms with Crippen molar-refractivity contribution in [1.82, 2.24) is 4.90 Å². The van der Waals surface area contributed by atoms with Crippen molar-refractivity contribution in [2.24, 2.45) is 0 Å². The van der Waals surface area contributed by atoms with Gasteiger partial charge in [0, 0.05) is 17.6 Å². The summed E-state index contributed by atoms with van der Waals surface area (Å²) < 4.78 is 11.0. The Labute approximate surface area is 155 Å². The molecule has 0 saturated carbocycles. The Morgan fingerprint density at radius 1 is 1.08 bits per heavy atom. The third kappa shape index (κ3) is 4.10. The van der Waals surface area contributed by atoms with Crippen LogP contribution in [-0.2, 0) is 12.8 Å². The Kier molecular flexibility index (Phi) is 5.87. The molecule has 0 N–H and O–H groups in total. The van der Waals surface area contributed by atoms with E-state index in [-0.39, 0.29) is 0 Å². The van der Waals surface area contributed by atoms with Crippen molar-refractivity contribution >= 4 is 11.6 Å². The SMILES string of the molecule is COc1cc2c(cc1OC)C(CCCc1ccc(Cl)cc1)N(C)CC2. The van der Waals surface area contributed by atoms with E-state index >= 15 is 0 Å². The van der Waals surface area contributed by atoms with Crippen LogP contribution in [0, 0.1) is 0 Å². The second-order valence-corrected chi connectivity index (χ2v) is 7.11. The molecule has 2 aromatic carbocycles. The van der Waals surface area contributed by atoms with Gasteiger partial charge in [0.25, 0.3) is 0 Å². The van der Waals surface area contributed by atoms with Crippen LogP contribution in [0.1, 0.15) is 35.6 Å². The van der Waals surface area contributed by atoms with Crippen molar-refractivity contribution in [3.8, 4) is 11.5 Å². The van der Waals surface area contributed by atoms with E-state index in [0.717, 1.165) is 48.7 Å². The van der Waals surface area contributed by atoms with E-state index in [4.69, 9.17) is 21.1 Å². The first-order valence-corrected chi connectivity index (χ1v) is 9.19. The summed E-state index contributed by atoms with van der Waals surface area (Å²) in [5.41, 5.74) is 4.10. The van der Waals surface area contributed by atoms with E-state index < -0.39 is 0 Å². The van der Waals surface area contributed by atoms with Gasteiger partial charge >= 0.3 is 0 Å². The molecule has 3 nitrogen and oxygen atoms in total. The van der Waals surface area contributed by atoms with Gasteiger partial charge in [-0.25, -0.2) is 0 Å². The number of hydrogen-bond acceptors (Lipinski definition) is 3. The quantitative estimate of drug-likeness (QED) is 0.731. The summed E-state index contributed by atoms with van der Waals surface area (Å²) in [5, 5.41) is 0.797. The summed E-state index contributed by atoms with van der Waals surface area (Å²) in [5.74, 6) is 1.64. The lowest BCUT2D eigenvalue weighted by atomic mass is 9.89. The van der Waals surface area contributed by atoms with Gasteiger partial charge in [0.05, 0.1) is 14.2 Å². The summed E-state index contributed by atoms with van der Waals surface area (Å²) in [6, 6.07) is 12.9. The topological polar surface area (TPSA) is 21.7 Å². The molecule has 134 valence electrons. The predicted molar refractivity (Wildman–Crippen MR) is 103 cm³/mol. The largest absolute Gasteiger partial charge is 0.493 e. The summed E-state index contributed by atoms with van der Waals surface area (Å²) in [6.45, 7) is 1.08. The Hall–Kier alpha value is -1.71. The number of nitrogens with zero attached hydrogens (tertiary/aromatic N) is 1. The number of fused-ring (bicyclic) bond motifs is 1. The van der Waals surface area contributed by atoms with E-state index in [1.54, 1.807) is 14.2 Å². The van der Waals surface area contributed by atoms with Crippen LogP contribution in [0.25, 0.3) is 0 Å². The summed E-state index contributed by atoms with van der Waals surface area (Å²) >= 11 is 5.97. The minimum absolute atomic E-state index is 0.427. The molecule has 0 saturated heterocycles. The van der Waals surface area contributed by atoms with Crippen LogP contribution in [-0.4, -0.2) is 32.7 Å². The van der Waals surface area contributed by atoms with Crippen molar-refractivity contribution in [2.45, 2.75) is 31.7 Å². The molecule has 25 heavy (non-hydrogen) atoms. The monoisotopic (exact) mass is 359 g/mol. The molecule has 4 heteroatoms. The van der Waals surface area contributed by atoms with E-state index in [1.807, 2.05) is 12.1 Å². The molecular formula is C21H26ClNO2. The maximum absolute atomic E-state index is 5.97. The van der Waals surface area contributed by atoms with Gasteiger partial charge in [0.2, 0.25) is 0 Å². The van der Waals surface area contributed by atoms with Crippen LogP contribution in [0.5, 0.6) is 11.5 Å². The maximum atomic E-state index is 5.97. The van der Waals surface area contributed by atoms with Gasteiger partial charge in [0.15, 0.2) is 11.5 Å². The lowest BCUT2D eigenvalue weighted by Crippen LogP contribution is -2.32. The molecule has 0 amide bonds. The number of benzene rings is 2. The molecular weight excluding hydrogens is 334 g/mol. The molecule has 1 atom stereocenters. The Morgan fingerprint density at radius 3 is 2.44 bits per heavy atom. The average molecular weight is 360 g/mol. The number of methoxy groups -OCH3 is 2. The molecule has 0 radical (unpaired) electrons. The number of halogens is 1. The fraction of sp³-hybridized carbons (Fsp3) is 0.429. The highest BCUT2D eigenvalue weighted by Crippen LogP contribution is 2.39. The molecule has 1 unspecified atom stereocenters. The van der Waals surface area contributed by atoms with Crippen molar-refractivity contribution < 1.29 is 9.47 Å². The average Bonchev–Trinajstić information content (AvgIpc) is 2.64. The molecule has 3 rings (SSSR count). The first-order valence-electron chi connectivity index (χ1n) is 8.82. The molecule has 0 fully saturated rings. The van der Waals surface area contributed by atoms with Crippen LogP contribution >= 0.6 is 11.6 Å². The summed E-state index contributed by atoms with van der Waals surface area (Å²) in [6.07, 6.45) is 4.40. The second kappa shape index (κ2) is 8.11. The smallest absolute Gasteiger partial charge is 0.161 e. The number of ether oxygens (including phenoxy) is 2. The Bertz CT molecular complexity index is 715. The molecule has 2 aromatic rings. The fourth-order valence-electron chi connectivity index (χ4n) is 3.68. The van der Waals surface area contributed by atoms with E-state index in [1.165, 1.54) is 16.7 Å². The van der Waals surface area contributed by atoms with E-state index in [0.29, 0.717) is 6.04 Å². The third-order valence-electron chi connectivity index (χ3n) is 5.13. The Balaban J connectivity index is 1.74. The summed E-state index contributed by atoms with van der Waals surface area (Å²) in [4.78, 5) is 2.45. The zero-order valence-corrected chi connectivity index (χ0v) is 16.0. The van der Waals surface area contributed by atoms with Crippen LogP contribution in [0.2, 0.25) is 5.02 Å². The van der Waals surface area contributed by atoms with Gasteiger partial charge in [-0.1, -0.05) is 23.7 Å². The van der Waals surface area contributed by atoms with Gasteiger partial charge in [-0.05, 0) is 73.7 Å². The fourth-order valence-corrected chi connectivity index (χ4v) is 3.81. The standard InChI is InChI=1S/C21H26ClNO2/c1-23-12-11-16-13-20(24-2)21(25-3)14-18(16)19(23)6-4-5-15-7-9-17(22)10-8-15/h7-10,13-14,19H,4-6,11-12H2,1-3H3. The van der Waals surface area contributed by atoms with Gasteiger partial charge in [-0.3, -0.25) is 4.90 Å². The highest BCUT2D eigenvalue weighted by atomic mass is 35.5. The zero-order valence-electron chi connectivity index (χ0n) is 15.2. The minimum Gasteiger partial charge on any atom is -0.493 e. The van der Waals surface area contributed by atoms with E-state index in [9.17, 15) is 0 Å². The van der Waals surface area contributed by atoms with Gasteiger partial charge < -0.3 is 9.47 Å². The second-order valence-electron chi connectivity index (χ2n) is 6.67. The maximum Gasteiger partial charge on any atom is 0.161 e. The van der Waals surface area contributed by atoms with Gasteiger partial charge in [0.1, 0.15) is 0 Å². The van der Waals surface area contributed by atoms with Crippen LogP contribution in [0.4, 0.5) is 0 Å².